The summed E-state index contributed by atoms with van der Waals surface area (Å²) in [5, 5.41) is 7.88. The highest BCUT2D eigenvalue weighted by molar-refractivity contribution is 5.95. The summed E-state index contributed by atoms with van der Waals surface area (Å²) in [6, 6.07) is 5.94. The molecule has 0 spiro atoms. The van der Waals surface area contributed by atoms with Crippen LogP contribution in [0.25, 0.3) is 0 Å². The molecule has 2 aliphatic rings. The number of piperazine rings is 1. The van der Waals surface area contributed by atoms with E-state index >= 15 is 0 Å². The minimum atomic E-state index is -0.325. The normalized spacial score (nSPS) is 20.2. The highest BCUT2D eigenvalue weighted by Gasteiger charge is 2.37. The van der Waals surface area contributed by atoms with E-state index in [1.807, 2.05) is 0 Å². The van der Waals surface area contributed by atoms with Gasteiger partial charge in [0.1, 0.15) is 12.4 Å². The summed E-state index contributed by atoms with van der Waals surface area (Å²) < 4.78 is 19.9. The van der Waals surface area contributed by atoms with Crippen LogP contribution in [-0.2, 0) is 16.1 Å². The van der Waals surface area contributed by atoms with Crippen LogP contribution in [0.4, 0.5) is 4.39 Å². The number of carbonyl (C=O) groups is 2. The minimum Gasteiger partial charge on any atom is -0.377 e. The summed E-state index contributed by atoms with van der Waals surface area (Å²) in [4.78, 5) is 28.2. The molecule has 1 unspecified atom stereocenters. The Kier molecular flexibility index (Phi) is 4.37. The summed E-state index contributed by atoms with van der Waals surface area (Å²) in [6.45, 7) is 2.39. The molecule has 1 atom stereocenters. The largest absolute Gasteiger partial charge is 0.377 e. The van der Waals surface area contributed by atoms with Gasteiger partial charge in [-0.3, -0.25) is 9.59 Å². The van der Waals surface area contributed by atoms with Gasteiger partial charge in [-0.15, -0.1) is 5.10 Å². The minimum absolute atomic E-state index is 0.0418. The lowest BCUT2D eigenvalue weighted by Crippen LogP contribution is -2.61. The Morgan fingerprint density at radius 3 is 2.92 bits per heavy atom. The zero-order valence-electron chi connectivity index (χ0n) is 14.0. The van der Waals surface area contributed by atoms with Crippen molar-refractivity contribution in [1.29, 1.82) is 0 Å². The number of hydrogen-bond acceptors (Lipinski definition) is 5. The molecule has 4 rings (SSSR count). The van der Waals surface area contributed by atoms with Crippen molar-refractivity contribution in [3.05, 3.63) is 47.5 Å². The van der Waals surface area contributed by atoms with Crippen LogP contribution in [0.1, 0.15) is 16.1 Å². The second-order valence-corrected chi connectivity index (χ2v) is 6.43. The lowest BCUT2D eigenvalue weighted by molar-refractivity contribution is -0.146. The van der Waals surface area contributed by atoms with Crippen molar-refractivity contribution in [3.63, 3.8) is 0 Å². The summed E-state index contributed by atoms with van der Waals surface area (Å²) in [5.41, 5.74) is 1.03. The van der Waals surface area contributed by atoms with Crippen LogP contribution in [-0.4, -0.2) is 75.5 Å². The van der Waals surface area contributed by atoms with Gasteiger partial charge in [0.05, 0.1) is 32.0 Å². The summed E-state index contributed by atoms with van der Waals surface area (Å²) in [6.07, 6.45) is 1.54. The molecule has 0 aliphatic carbocycles. The average molecular weight is 359 g/mol. The first-order chi connectivity index (χ1) is 12.6. The molecule has 2 aliphatic heterocycles. The second-order valence-electron chi connectivity index (χ2n) is 6.43. The first kappa shape index (κ1) is 16.6. The molecule has 1 aromatic heterocycles. The second kappa shape index (κ2) is 6.83. The lowest BCUT2D eigenvalue weighted by atomic mass is 10.1. The maximum Gasteiger partial charge on any atom is 0.276 e. The first-order valence-corrected chi connectivity index (χ1v) is 8.41. The van der Waals surface area contributed by atoms with E-state index in [0.29, 0.717) is 32.8 Å². The van der Waals surface area contributed by atoms with Crippen LogP contribution in [0.15, 0.2) is 30.5 Å². The molecular weight excluding hydrogens is 341 g/mol. The third-order valence-corrected chi connectivity index (χ3v) is 4.61. The molecule has 0 N–H and O–H groups in total. The highest BCUT2D eigenvalue weighted by atomic mass is 19.1. The van der Waals surface area contributed by atoms with Crippen molar-refractivity contribution in [3.8, 4) is 0 Å². The fraction of sp³-hybridized carbons (Fsp3) is 0.412. The van der Waals surface area contributed by atoms with Crippen molar-refractivity contribution >= 4 is 11.8 Å². The Hall–Kier alpha value is -2.81. The Morgan fingerprint density at radius 1 is 1.31 bits per heavy atom. The van der Waals surface area contributed by atoms with E-state index in [-0.39, 0.29) is 35.9 Å². The quantitative estimate of drug-likeness (QED) is 0.779. The third-order valence-electron chi connectivity index (χ3n) is 4.61. The van der Waals surface area contributed by atoms with Gasteiger partial charge in [0, 0.05) is 13.1 Å². The molecule has 1 aromatic carbocycles. The number of fused-ring (bicyclic) bond motifs is 1. The monoisotopic (exact) mass is 359 g/mol. The Bertz CT molecular complexity index is 822. The molecule has 2 amide bonds. The Labute approximate surface area is 149 Å². The molecule has 9 heteroatoms. The number of amides is 2. The Morgan fingerprint density at radius 2 is 2.12 bits per heavy atom. The molecule has 0 bridgehead atoms. The van der Waals surface area contributed by atoms with Crippen LogP contribution < -0.4 is 0 Å². The maximum absolute atomic E-state index is 13.0. The molecule has 136 valence electrons. The molecule has 26 heavy (non-hydrogen) atoms. The smallest absolute Gasteiger partial charge is 0.276 e. The van der Waals surface area contributed by atoms with E-state index in [2.05, 4.69) is 10.3 Å². The number of rotatable bonds is 3. The maximum atomic E-state index is 13.0. The van der Waals surface area contributed by atoms with Crippen LogP contribution in [0.3, 0.4) is 0 Å². The van der Waals surface area contributed by atoms with E-state index in [1.165, 1.54) is 21.7 Å². The molecule has 0 saturated carbocycles. The van der Waals surface area contributed by atoms with E-state index in [4.69, 9.17) is 4.74 Å². The van der Waals surface area contributed by atoms with Gasteiger partial charge < -0.3 is 14.5 Å². The molecule has 8 nitrogen and oxygen atoms in total. The average Bonchev–Trinajstić information content (AvgIpc) is 3.11. The van der Waals surface area contributed by atoms with E-state index in [9.17, 15) is 14.0 Å². The van der Waals surface area contributed by atoms with E-state index in [0.717, 1.165) is 5.56 Å². The van der Waals surface area contributed by atoms with E-state index < -0.39 is 0 Å². The molecule has 2 fully saturated rings. The van der Waals surface area contributed by atoms with Gasteiger partial charge in [-0.1, -0.05) is 17.3 Å². The lowest BCUT2D eigenvalue weighted by Gasteiger charge is -2.43. The molecule has 2 saturated heterocycles. The van der Waals surface area contributed by atoms with Crippen molar-refractivity contribution in [1.82, 2.24) is 24.8 Å². The summed E-state index contributed by atoms with van der Waals surface area (Å²) in [7, 11) is 0. The predicted molar refractivity (Wildman–Crippen MR) is 87.7 cm³/mol. The Balaban J connectivity index is 1.44. The molecule has 3 heterocycles. The number of hydrogen-bond donors (Lipinski definition) is 0. The van der Waals surface area contributed by atoms with Gasteiger partial charge in [0.2, 0.25) is 5.91 Å². The topological polar surface area (TPSA) is 80.6 Å². The van der Waals surface area contributed by atoms with Crippen LogP contribution in [0.2, 0.25) is 0 Å². The number of nitrogens with zero attached hydrogens (tertiary/aromatic N) is 5. The number of aromatic nitrogens is 3. The number of carbonyl (C=O) groups excluding carboxylic acids is 2. The fourth-order valence-electron chi connectivity index (χ4n) is 3.27. The van der Waals surface area contributed by atoms with Gasteiger partial charge in [0.25, 0.3) is 5.91 Å². The summed E-state index contributed by atoms with van der Waals surface area (Å²) in [5.74, 6) is -0.704. The van der Waals surface area contributed by atoms with Gasteiger partial charge in [0.15, 0.2) is 5.69 Å². The SMILES string of the molecule is O=C(c1cn(Cc2ccc(F)cc2)nn1)N1CC(=O)N2CCOCC2C1. The number of morpholine rings is 1. The number of halogens is 1. The van der Waals surface area contributed by atoms with Crippen molar-refractivity contribution in [2.24, 2.45) is 0 Å². The van der Waals surface area contributed by atoms with Crippen LogP contribution >= 0.6 is 0 Å². The van der Waals surface area contributed by atoms with Gasteiger partial charge >= 0.3 is 0 Å². The predicted octanol–water partition coefficient (Wildman–Crippen LogP) is 0.149. The first-order valence-electron chi connectivity index (χ1n) is 8.41. The van der Waals surface area contributed by atoms with Gasteiger partial charge in [-0.05, 0) is 17.7 Å². The molecule has 2 aromatic rings. The van der Waals surface area contributed by atoms with Crippen LogP contribution in [0, 0.1) is 5.82 Å². The zero-order valence-corrected chi connectivity index (χ0v) is 14.0. The van der Waals surface area contributed by atoms with Crippen molar-refractivity contribution in [2.75, 3.05) is 32.8 Å². The van der Waals surface area contributed by atoms with Gasteiger partial charge in [-0.2, -0.15) is 0 Å². The zero-order chi connectivity index (χ0) is 18.1. The third kappa shape index (κ3) is 3.30. The van der Waals surface area contributed by atoms with Crippen molar-refractivity contribution < 1.29 is 18.7 Å². The van der Waals surface area contributed by atoms with Crippen LogP contribution in [0.5, 0.6) is 0 Å². The highest BCUT2D eigenvalue weighted by Crippen LogP contribution is 2.16. The van der Waals surface area contributed by atoms with Gasteiger partial charge in [-0.25, -0.2) is 9.07 Å². The molecule has 0 radical (unpaired) electrons. The standard InChI is InChI=1S/C17H18FN5O3/c18-13-3-1-12(2-4-13)7-22-9-15(19-20-22)17(25)21-8-14-11-26-6-5-23(14)16(24)10-21/h1-4,9,14H,5-8,10-11H2. The number of ether oxygens (including phenoxy) is 1. The summed E-state index contributed by atoms with van der Waals surface area (Å²) >= 11 is 0. The van der Waals surface area contributed by atoms with E-state index in [1.54, 1.807) is 23.2 Å². The number of benzene rings is 1. The molecular formula is C17H18FN5O3. The fourth-order valence-corrected chi connectivity index (χ4v) is 3.27. The van der Waals surface area contributed by atoms with Crippen molar-refractivity contribution in [2.45, 2.75) is 12.6 Å².